The molecule has 9 nitrogen and oxygen atoms in total. The Balaban J connectivity index is 3.05. The second kappa shape index (κ2) is 5.39. The molecule has 4 unspecified atom stereocenters. The van der Waals surface area contributed by atoms with Crippen molar-refractivity contribution in [1.82, 2.24) is 0 Å². The minimum Gasteiger partial charge on any atom is -0.479 e. The smallest absolute Gasteiger partial charge is 0.339 e. The maximum Gasteiger partial charge on any atom is 0.339 e. The van der Waals surface area contributed by atoms with Crippen molar-refractivity contribution < 1.29 is 39.9 Å². The van der Waals surface area contributed by atoms with Gasteiger partial charge >= 0.3 is 11.9 Å². The molecule has 1 saturated carbocycles. The van der Waals surface area contributed by atoms with Gasteiger partial charge in [0, 0.05) is 6.42 Å². The van der Waals surface area contributed by atoms with E-state index < -0.39 is 54.4 Å². The molecule has 1 aliphatic rings. The maximum atomic E-state index is 11.3. The van der Waals surface area contributed by atoms with Gasteiger partial charge in [-0.3, -0.25) is 4.79 Å². The molecule has 1 aliphatic carbocycles. The van der Waals surface area contributed by atoms with Crippen molar-refractivity contribution in [2.24, 2.45) is 5.73 Å². The summed E-state index contributed by atoms with van der Waals surface area (Å²) in [6.45, 7) is 1.27. The molecule has 0 spiro atoms. The number of aliphatic carboxylic acids is 1. The highest BCUT2D eigenvalue weighted by Crippen LogP contribution is 2.32. The summed E-state index contributed by atoms with van der Waals surface area (Å²) in [5.74, 6) is -2.84. The average molecular weight is 279 g/mol. The molecule has 1 rings (SSSR count). The number of carbonyl (C=O) groups is 2. The van der Waals surface area contributed by atoms with E-state index >= 15 is 0 Å². The number of hydrogen-bond donors (Lipinski definition) is 6. The van der Waals surface area contributed by atoms with Crippen LogP contribution in [-0.4, -0.2) is 73.5 Å². The summed E-state index contributed by atoms with van der Waals surface area (Å²) in [7, 11) is 0. The molecule has 7 N–H and O–H groups in total. The van der Waals surface area contributed by atoms with Gasteiger partial charge in [0.25, 0.3) is 0 Å². The van der Waals surface area contributed by atoms with E-state index in [1.807, 2.05) is 0 Å². The van der Waals surface area contributed by atoms with Gasteiger partial charge in [0.1, 0.15) is 18.2 Å². The van der Waals surface area contributed by atoms with Crippen molar-refractivity contribution in [3.8, 4) is 0 Å². The van der Waals surface area contributed by atoms with Gasteiger partial charge < -0.3 is 36.0 Å². The summed E-state index contributed by atoms with van der Waals surface area (Å²) in [5, 5.41) is 47.4. The Labute approximate surface area is 108 Å². The van der Waals surface area contributed by atoms with E-state index in [-0.39, 0.29) is 0 Å². The largest absolute Gasteiger partial charge is 0.479 e. The number of carbonyl (C=O) groups excluding carboxylic acids is 1. The fourth-order valence-electron chi connectivity index (χ4n) is 1.85. The van der Waals surface area contributed by atoms with Crippen LogP contribution in [0.5, 0.6) is 0 Å². The van der Waals surface area contributed by atoms with E-state index in [2.05, 4.69) is 4.74 Å². The van der Waals surface area contributed by atoms with Crippen LogP contribution in [0.1, 0.15) is 13.3 Å². The van der Waals surface area contributed by atoms with E-state index in [0.29, 0.717) is 0 Å². The second-order valence-electron chi connectivity index (χ2n) is 4.63. The highest BCUT2D eigenvalue weighted by Gasteiger charge is 2.58. The number of rotatable bonds is 3. The Hall–Kier alpha value is -1.26. The molecular formula is C10H17NO8. The first-order chi connectivity index (χ1) is 8.61. The van der Waals surface area contributed by atoms with Gasteiger partial charge in [-0.2, -0.15) is 0 Å². The topological polar surface area (TPSA) is 171 Å². The number of carboxylic acids is 1. The van der Waals surface area contributed by atoms with Crippen molar-refractivity contribution >= 4 is 11.9 Å². The first-order valence-corrected chi connectivity index (χ1v) is 5.57. The second-order valence-corrected chi connectivity index (χ2v) is 4.63. The van der Waals surface area contributed by atoms with Crippen molar-refractivity contribution in [3.05, 3.63) is 0 Å². The number of aliphatic hydroxyl groups excluding tert-OH is 3. The summed E-state index contributed by atoms with van der Waals surface area (Å²) in [5.41, 5.74) is 2.52. The molecule has 110 valence electrons. The van der Waals surface area contributed by atoms with E-state index in [1.165, 1.54) is 6.92 Å². The normalized spacial score (nSPS) is 40.5. The summed E-state index contributed by atoms with van der Waals surface area (Å²) in [6.07, 6.45) is -8.08. The van der Waals surface area contributed by atoms with Crippen LogP contribution in [0, 0.1) is 0 Å². The average Bonchev–Trinajstić information content (AvgIpc) is 2.31. The van der Waals surface area contributed by atoms with Gasteiger partial charge in [0.05, 0.1) is 6.10 Å². The lowest BCUT2D eigenvalue weighted by Gasteiger charge is -2.43. The molecule has 0 amide bonds. The number of hydrogen-bond acceptors (Lipinski definition) is 8. The lowest BCUT2D eigenvalue weighted by molar-refractivity contribution is -0.236. The number of nitrogens with two attached hydrogens (primary N) is 1. The Morgan fingerprint density at radius 1 is 1.32 bits per heavy atom. The van der Waals surface area contributed by atoms with Crippen LogP contribution in [-0.2, 0) is 14.3 Å². The van der Waals surface area contributed by atoms with Crippen LogP contribution >= 0.6 is 0 Å². The van der Waals surface area contributed by atoms with Crippen LogP contribution < -0.4 is 5.73 Å². The number of aliphatic hydroxyl groups is 4. The molecule has 19 heavy (non-hydrogen) atoms. The van der Waals surface area contributed by atoms with Crippen molar-refractivity contribution in [2.75, 3.05) is 0 Å². The Kier molecular flexibility index (Phi) is 4.48. The van der Waals surface area contributed by atoms with Crippen molar-refractivity contribution in [2.45, 2.75) is 49.4 Å². The molecule has 0 radical (unpaired) electrons. The third kappa shape index (κ3) is 2.85. The van der Waals surface area contributed by atoms with E-state index in [1.54, 1.807) is 0 Å². The molecule has 0 aromatic heterocycles. The zero-order valence-corrected chi connectivity index (χ0v) is 10.1. The van der Waals surface area contributed by atoms with Crippen LogP contribution in [0.25, 0.3) is 0 Å². The minimum absolute atomic E-state index is 0.794. The van der Waals surface area contributed by atoms with Crippen molar-refractivity contribution in [1.29, 1.82) is 0 Å². The molecule has 0 aromatic rings. The van der Waals surface area contributed by atoms with Gasteiger partial charge in [-0.1, -0.05) is 0 Å². The first kappa shape index (κ1) is 15.8. The van der Waals surface area contributed by atoms with Crippen LogP contribution in [0.2, 0.25) is 0 Å². The van der Waals surface area contributed by atoms with E-state index in [9.17, 15) is 30.0 Å². The molecule has 0 saturated heterocycles. The quantitative estimate of drug-likeness (QED) is 0.287. The molecule has 0 heterocycles. The molecular weight excluding hydrogens is 262 g/mol. The predicted octanol–water partition coefficient (Wildman–Crippen LogP) is -3.45. The Bertz CT molecular complexity index is 373. The lowest BCUT2D eigenvalue weighted by Crippen LogP contribution is -2.67. The Morgan fingerprint density at radius 2 is 1.84 bits per heavy atom. The summed E-state index contributed by atoms with van der Waals surface area (Å²) >= 11 is 0. The molecule has 1 fully saturated rings. The van der Waals surface area contributed by atoms with E-state index in [4.69, 9.17) is 10.8 Å². The minimum atomic E-state index is -2.71. The predicted molar refractivity (Wildman–Crippen MR) is 58.8 cm³/mol. The zero-order chi connectivity index (χ0) is 15.0. The van der Waals surface area contributed by atoms with Crippen LogP contribution in [0.15, 0.2) is 0 Å². The van der Waals surface area contributed by atoms with Gasteiger partial charge in [0.15, 0.2) is 6.10 Å². The highest BCUT2D eigenvalue weighted by atomic mass is 16.6. The van der Waals surface area contributed by atoms with Gasteiger partial charge in [-0.15, -0.1) is 0 Å². The van der Waals surface area contributed by atoms with Crippen LogP contribution in [0.4, 0.5) is 0 Å². The standard InChI is InChI=1S/C10H17NO8/c1-3(11)8(15)19-7-6(14)5(13)4(12)2-10(7,18)9(16)17/h3-7,12-14,18H,2,11H2,1H3,(H,16,17)/t3?,4-,5?,6-,7?,10?/m1/s1. The van der Waals surface area contributed by atoms with Gasteiger partial charge in [-0.05, 0) is 6.92 Å². The zero-order valence-electron chi connectivity index (χ0n) is 10.1. The van der Waals surface area contributed by atoms with Crippen molar-refractivity contribution in [3.63, 3.8) is 0 Å². The lowest BCUT2D eigenvalue weighted by atomic mass is 9.77. The molecule has 0 bridgehead atoms. The summed E-state index contributed by atoms with van der Waals surface area (Å²) < 4.78 is 4.64. The molecule has 0 aromatic carbocycles. The molecule has 9 heteroatoms. The SMILES string of the molecule is CC(N)C(=O)OC1[C@H](O)C(O)[C@H](O)CC1(O)C(=O)O. The highest BCUT2D eigenvalue weighted by molar-refractivity contribution is 5.80. The molecule has 0 aliphatic heterocycles. The fourth-order valence-corrected chi connectivity index (χ4v) is 1.85. The Morgan fingerprint density at radius 3 is 2.26 bits per heavy atom. The third-order valence-electron chi connectivity index (χ3n) is 3.03. The number of ether oxygens (including phenoxy) is 1. The summed E-state index contributed by atoms with van der Waals surface area (Å²) in [4.78, 5) is 22.4. The summed E-state index contributed by atoms with van der Waals surface area (Å²) in [6, 6.07) is -1.10. The fraction of sp³-hybridized carbons (Fsp3) is 0.800. The van der Waals surface area contributed by atoms with Gasteiger partial charge in [0.2, 0.25) is 5.60 Å². The monoisotopic (exact) mass is 279 g/mol. The van der Waals surface area contributed by atoms with Gasteiger partial charge in [-0.25, -0.2) is 4.79 Å². The third-order valence-corrected chi connectivity index (χ3v) is 3.03. The van der Waals surface area contributed by atoms with E-state index in [0.717, 1.165) is 0 Å². The number of esters is 1. The van der Waals surface area contributed by atoms with Crippen LogP contribution in [0.3, 0.4) is 0 Å². The maximum absolute atomic E-state index is 11.3. The first-order valence-electron chi connectivity index (χ1n) is 5.57. The molecule has 6 atom stereocenters. The number of carboxylic acid groups (broad SMARTS) is 1.